The Morgan fingerprint density at radius 1 is 1.12 bits per heavy atom. The van der Waals surface area contributed by atoms with Crippen LogP contribution in [0.4, 0.5) is 29.2 Å². The molecule has 1 fully saturated rings. The second-order valence-electron chi connectivity index (χ2n) is 10.5. The number of halogens is 4. The molecule has 1 amide bonds. The first kappa shape index (κ1) is 28.6. The third-order valence-electron chi connectivity index (χ3n) is 7.63. The molecular formula is C29H31F4N5O3. The fourth-order valence-corrected chi connectivity index (χ4v) is 5.26. The third-order valence-corrected chi connectivity index (χ3v) is 7.63. The van der Waals surface area contributed by atoms with E-state index >= 15 is 4.39 Å². The lowest BCUT2D eigenvalue weighted by molar-refractivity contribution is -0.139. The topological polar surface area (TPSA) is 88.6 Å². The van der Waals surface area contributed by atoms with Gasteiger partial charge in [-0.15, -0.1) is 0 Å². The molecular weight excluding hydrogens is 542 g/mol. The fourth-order valence-electron chi connectivity index (χ4n) is 5.26. The van der Waals surface area contributed by atoms with Crippen LogP contribution in [0.25, 0.3) is 0 Å². The summed E-state index contributed by atoms with van der Waals surface area (Å²) in [5.74, 6) is -1.71. The van der Waals surface area contributed by atoms with Gasteiger partial charge in [-0.2, -0.15) is 18.2 Å². The van der Waals surface area contributed by atoms with E-state index in [0.29, 0.717) is 18.4 Å². The first-order chi connectivity index (χ1) is 19.5. The van der Waals surface area contributed by atoms with Gasteiger partial charge in [-0.25, -0.2) is 9.37 Å². The number of fused-ring (bicyclic) bond motifs is 1. The van der Waals surface area contributed by atoms with Crippen LogP contribution in [-0.2, 0) is 12.6 Å². The molecule has 2 N–H and O–H groups in total. The van der Waals surface area contributed by atoms with Crippen LogP contribution >= 0.6 is 0 Å². The molecule has 1 aromatic heterocycles. The average molecular weight is 574 g/mol. The Hall–Kier alpha value is -3.93. The number of benzene rings is 2. The maximum Gasteiger partial charge on any atom is 0.423 e. The molecule has 2 aromatic carbocycles. The van der Waals surface area contributed by atoms with Crippen molar-refractivity contribution in [1.82, 2.24) is 20.2 Å². The largest absolute Gasteiger partial charge is 0.495 e. The van der Waals surface area contributed by atoms with Crippen molar-refractivity contribution in [3.8, 4) is 17.4 Å². The van der Waals surface area contributed by atoms with Crippen LogP contribution in [0.5, 0.6) is 17.4 Å². The van der Waals surface area contributed by atoms with E-state index in [1.165, 1.54) is 13.2 Å². The minimum absolute atomic E-state index is 0.0287. The van der Waals surface area contributed by atoms with Gasteiger partial charge < -0.3 is 25.0 Å². The van der Waals surface area contributed by atoms with E-state index in [1.54, 1.807) is 12.1 Å². The number of rotatable bonds is 7. The molecule has 41 heavy (non-hydrogen) atoms. The SMILES string of the molecule is COc1cc(C(=O)NC2CCN(C)CC2)c(F)cc1Nc1ncc(C(F)(F)F)c(Oc2cccc3c2CC[C@H]3C)n1. The zero-order valence-corrected chi connectivity index (χ0v) is 22.9. The average Bonchev–Trinajstić information content (AvgIpc) is 3.31. The summed E-state index contributed by atoms with van der Waals surface area (Å²) in [6.07, 6.45) is -1.11. The van der Waals surface area contributed by atoms with Crippen molar-refractivity contribution < 1.29 is 31.8 Å². The van der Waals surface area contributed by atoms with Crippen LogP contribution in [0.1, 0.15) is 59.2 Å². The molecule has 0 saturated carbocycles. The normalized spacial score (nSPS) is 17.7. The highest BCUT2D eigenvalue weighted by Crippen LogP contribution is 2.42. The van der Waals surface area contributed by atoms with E-state index in [0.717, 1.165) is 49.5 Å². The van der Waals surface area contributed by atoms with Gasteiger partial charge in [-0.3, -0.25) is 4.79 Å². The van der Waals surface area contributed by atoms with E-state index in [9.17, 15) is 18.0 Å². The molecule has 1 atom stereocenters. The van der Waals surface area contributed by atoms with E-state index in [-0.39, 0.29) is 34.9 Å². The summed E-state index contributed by atoms with van der Waals surface area (Å²) in [4.78, 5) is 22.8. The summed E-state index contributed by atoms with van der Waals surface area (Å²) in [6, 6.07) is 7.47. The van der Waals surface area contributed by atoms with Gasteiger partial charge >= 0.3 is 6.18 Å². The van der Waals surface area contributed by atoms with Crippen molar-refractivity contribution >= 4 is 17.5 Å². The highest BCUT2D eigenvalue weighted by atomic mass is 19.4. The Kier molecular flexibility index (Phi) is 8.03. The number of methoxy groups -OCH3 is 1. The molecule has 1 aliphatic carbocycles. The molecule has 1 saturated heterocycles. The number of ether oxygens (including phenoxy) is 2. The summed E-state index contributed by atoms with van der Waals surface area (Å²) in [5.41, 5.74) is 0.547. The van der Waals surface area contributed by atoms with Crippen molar-refractivity contribution in [2.45, 2.75) is 50.7 Å². The predicted octanol–water partition coefficient (Wildman–Crippen LogP) is 6.05. The van der Waals surface area contributed by atoms with E-state index in [4.69, 9.17) is 9.47 Å². The van der Waals surface area contributed by atoms with Gasteiger partial charge in [0, 0.05) is 18.3 Å². The number of aromatic nitrogens is 2. The van der Waals surface area contributed by atoms with Gasteiger partial charge in [0.15, 0.2) is 0 Å². The number of nitrogens with zero attached hydrogens (tertiary/aromatic N) is 3. The Balaban J connectivity index is 1.41. The molecule has 12 heteroatoms. The Bertz CT molecular complexity index is 1440. The summed E-state index contributed by atoms with van der Waals surface area (Å²) in [7, 11) is 3.33. The van der Waals surface area contributed by atoms with Gasteiger partial charge in [-0.1, -0.05) is 19.1 Å². The van der Waals surface area contributed by atoms with Gasteiger partial charge in [0.25, 0.3) is 5.91 Å². The van der Waals surface area contributed by atoms with Crippen molar-refractivity contribution in [3.63, 3.8) is 0 Å². The zero-order chi connectivity index (χ0) is 29.3. The second-order valence-corrected chi connectivity index (χ2v) is 10.5. The molecule has 0 radical (unpaired) electrons. The van der Waals surface area contributed by atoms with Gasteiger partial charge in [0.1, 0.15) is 22.9 Å². The van der Waals surface area contributed by atoms with E-state index in [2.05, 4.69) is 32.4 Å². The van der Waals surface area contributed by atoms with Gasteiger partial charge in [0.05, 0.1) is 18.4 Å². The summed E-state index contributed by atoms with van der Waals surface area (Å²) >= 11 is 0. The number of carbonyl (C=O) groups excluding carboxylic acids is 1. The number of piperidine rings is 1. The van der Waals surface area contributed by atoms with Crippen LogP contribution in [0.15, 0.2) is 36.5 Å². The number of amides is 1. The van der Waals surface area contributed by atoms with Crippen LogP contribution in [0.3, 0.4) is 0 Å². The lowest BCUT2D eigenvalue weighted by Gasteiger charge is -2.29. The Labute approximate surface area is 235 Å². The lowest BCUT2D eigenvalue weighted by Crippen LogP contribution is -2.43. The standard InChI is InChI=1S/C29H31F4N5O3/c1-16-7-8-19-18(16)5-4-6-24(19)41-27-21(29(31,32)33)15-34-28(37-27)36-23-14-22(30)20(13-25(23)40-3)26(39)35-17-9-11-38(2)12-10-17/h4-6,13-17H,7-12H2,1-3H3,(H,35,39)(H,34,36,37)/t16-/m1/s1. The molecule has 8 nitrogen and oxygen atoms in total. The van der Waals surface area contributed by atoms with Crippen molar-refractivity contribution in [2.24, 2.45) is 0 Å². The molecule has 5 rings (SSSR count). The molecule has 0 bridgehead atoms. The maximum absolute atomic E-state index is 15.1. The minimum Gasteiger partial charge on any atom is -0.495 e. The first-order valence-corrected chi connectivity index (χ1v) is 13.4. The number of hydrogen-bond acceptors (Lipinski definition) is 7. The highest BCUT2D eigenvalue weighted by Gasteiger charge is 2.37. The number of carbonyl (C=O) groups is 1. The number of nitrogens with one attached hydrogen (secondary N) is 2. The molecule has 0 unspecified atom stereocenters. The van der Waals surface area contributed by atoms with Gasteiger partial charge in [-0.05, 0) is 75.0 Å². The first-order valence-electron chi connectivity index (χ1n) is 13.4. The van der Waals surface area contributed by atoms with Crippen molar-refractivity contribution in [1.29, 1.82) is 0 Å². The molecule has 3 aromatic rings. The lowest BCUT2D eigenvalue weighted by atomic mass is 10.0. The molecule has 0 spiro atoms. The molecule has 1 aliphatic heterocycles. The number of likely N-dealkylation sites (tertiary alicyclic amines) is 1. The van der Waals surface area contributed by atoms with E-state index in [1.807, 2.05) is 13.1 Å². The second kappa shape index (κ2) is 11.5. The molecule has 2 heterocycles. The summed E-state index contributed by atoms with van der Waals surface area (Å²) < 4.78 is 67.7. The predicted molar refractivity (Wildman–Crippen MR) is 145 cm³/mol. The number of hydrogen-bond donors (Lipinski definition) is 2. The van der Waals surface area contributed by atoms with Crippen molar-refractivity contribution in [2.75, 3.05) is 32.6 Å². The monoisotopic (exact) mass is 573 g/mol. The minimum atomic E-state index is -4.77. The van der Waals surface area contributed by atoms with Crippen LogP contribution in [-0.4, -0.2) is 54.1 Å². The number of alkyl halides is 3. The number of anilines is 2. The highest BCUT2D eigenvalue weighted by molar-refractivity contribution is 5.96. The smallest absolute Gasteiger partial charge is 0.423 e. The summed E-state index contributed by atoms with van der Waals surface area (Å²) in [5, 5.41) is 5.57. The summed E-state index contributed by atoms with van der Waals surface area (Å²) in [6.45, 7) is 3.70. The maximum atomic E-state index is 15.1. The van der Waals surface area contributed by atoms with Crippen LogP contribution in [0, 0.1) is 5.82 Å². The van der Waals surface area contributed by atoms with E-state index < -0.39 is 29.3 Å². The Morgan fingerprint density at radius 3 is 2.59 bits per heavy atom. The van der Waals surface area contributed by atoms with Crippen molar-refractivity contribution in [3.05, 3.63) is 64.6 Å². The van der Waals surface area contributed by atoms with Crippen LogP contribution < -0.4 is 20.1 Å². The fraction of sp³-hybridized carbons (Fsp3) is 0.414. The van der Waals surface area contributed by atoms with Crippen LogP contribution in [0.2, 0.25) is 0 Å². The molecule has 2 aliphatic rings. The third kappa shape index (κ3) is 6.22. The van der Waals surface area contributed by atoms with Gasteiger partial charge in [0.2, 0.25) is 11.8 Å². The quantitative estimate of drug-likeness (QED) is 0.333. The Morgan fingerprint density at radius 2 is 1.88 bits per heavy atom. The molecule has 218 valence electrons. The zero-order valence-electron chi connectivity index (χ0n) is 22.9.